The predicted molar refractivity (Wildman–Crippen MR) is 180 cm³/mol. The lowest BCUT2D eigenvalue weighted by atomic mass is 9.85. The third kappa shape index (κ3) is 7.57. The van der Waals surface area contributed by atoms with Gasteiger partial charge in [0.1, 0.15) is 23.4 Å². The van der Waals surface area contributed by atoms with Crippen molar-refractivity contribution in [3.63, 3.8) is 0 Å². The maximum atomic E-state index is 12.7. The van der Waals surface area contributed by atoms with Gasteiger partial charge in [-0.25, -0.2) is 4.79 Å². The van der Waals surface area contributed by atoms with E-state index in [2.05, 4.69) is 6.58 Å². The van der Waals surface area contributed by atoms with Crippen LogP contribution in [-0.2, 0) is 25.5 Å². The zero-order valence-electron chi connectivity index (χ0n) is 26.9. The first-order valence-electron chi connectivity index (χ1n) is 15.2. The van der Waals surface area contributed by atoms with Crippen molar-refractivity contribution in [1.82, 2.24) is 0 Å². The Morgan fingerprint density at radius 3 is 2.14 bits per heavy atom. The molecule has 262 valence electrons. The molecule has 0 saturated heterocycles. The summed E-state index contributed by atoms with van der Waals surface area (Å²) in [5.74, 6) is -5.15. The molecule has 3 unspecified atom stereocenters. The molecule has 2 aliphatic rings. The second-order valence-electron chi connectivity index (χ2n) is 11.4. The molecule has 6 rings (SSSR count). The Morgan fingerprint density at radius 2 is 1.51 bits per heavy atom. The number of carbonyl (C=O) groups excluding carboxylic acids is 3. The quantitative estimate of drug-likeness (QED) is 0.0580. The Morgan fingerprint density at radius 1 is 0.824 bits per heavy atom. The number of methoxy groups -OCH3 is 1. The van der Waals surface area contributed by atoms with Gasteiger partial charge in [0.25, 0.3) is 0 Å². The number of fused-ring (bicyclic) bond motifs is 1. The lowest BCUT2D eigenvalue weighted by Crippen LogP contribution is -2.34. The van der Waals surface area contributed by atoms with Crippen LogP contribution in [0.4, 0.5) is 0 Å². The number of rotatable bonds is 7. The first-order valence-corrected chi connectivity index (χ1v) is 15.2. The van der Waals surface area contributed by atoms with Crippen molar-refractivity contribution in [3.05, 3.63) is 131 Å². The highest BCUT2D eigenvalue weighted by atomic mass is 16.6. The third-order valence-corrected chi connectivity index (χ3v) is 8.08. The maximum Gasteiger partial charge on any atom is 0.338 e. The van der Waals surface area contributed by atoms with Crippen LogP contribution in [0.3, 0.4) is 0 Å². The van der Waals surface area contributed by atoms with Crippen molar-refractivity contribution in [1.29, 1.82) is 0 Å². The fraction of sp³-hybridized carbons (Fsp3) is 0.132. The van der Waals surface area contributed by atoms with Crippen LogP contribution in [-0.4, -0.2) is 66.5 Å². The molecule has 0 aromatic heterocycles. The molecule has 0 radical (unpaired) electrons. The molecule has 7 N–H and O–H groups in total. The Kier molecular flexibility index (Phi) is 10.2. The first-order chi connectivity index (χ1) is 24.3. The molecule has 4 aromatic rings. The molecule has 51 heavy (non-hydrogen) atoms. The molecule has 3 atom stereocenters. The smallest absolute Gasteiger partial charge is 0.338 e. The molecule has 1 aliphatic carbocycles. The monoisotopic (exact) mass is 696 g/mol. The summed E-state index contributed by atoms with van der Waals surface area (Å²) in [6.07, 6.45) is 2.11. The van der Waals surface area contributed by atoms with Crippen LogP contribution in [0.5, 0.6) is 46.0 Å². The molecule has 0 amide bonds. The van der Waals surface area contributed by atoms with E-state index in [1.165, 1.54) is 43.5 Å². The highest BCUT2D eigenvalue weighted by Gasteiger charge is 2.37. The van der Waals surface area contributed by atoms with Gasteiger partial charge in [-0.05, 0) is 35.9 Å². The molecule has 4 aromatic carbocycles. The predicted octanol–water partition coefficient (Wildman–Crippen LogP) is 5.09. The number of hydrogen-bond donors (Lipinski definition) is 7. The number of phenols is 7. The van der Waals surface area contributed by atoms with Crippen molar-refractivity contribution in [3.8, 4) is 46.0 Å². The van der Waals surface area contributed by atoms with E-state index in [-0.39, 0.29) is 63.8 Å². The first kappa shape index (κ1) is 35.4. The molecule has 0 saturated carbocycles. The van der Waals surface area contributed by atoms with E-state index in [1.54, 1.807) is 6.08 Å². The molecule has 0 spiro atoms. The van der Waals surface area contributed by atoms with Crippen LogP contribution in [0, 0.1) is 0 Å². The highest BCUT2D eigenvalue weighted by molar-refractivity contribution is 6.19. The van der Waals surface area contributed by atoms with E-state index in [0.29, 0.717) is 11.1 Å². The highest BCUT2D eigenvalue weighted by Crippen LogP contribution is 2.44. The van der Waals surface area contributed by atoms with Gasteiger partial charge in [0.15, 0.2) is 46.4 Å². The minimum atomic E-state index is -1.06. The summed E-state index contributed by atoms with van der Waals surface area (Å²) in [5.41, 5.74) is 1.68. The van der Waals surface area contributed by atoms with Crippen molar-refractivity contribution in [2.45, 2.75) is 24.5 Å². The van der Waals surface area contributed by atoms with Gasteiger partial charge in [-0.1, -0.05) is 42.5 Å². The van der Waals surface area contributed by atoms with Gasteiger partial charge >= 0.3 is 5.97 Å². The Labute approximate surface area is 290 Å². The van der Waals surface area contributed by atoms with Crippen molar-refractivity contribution < 1.29 is 64.3 Å². The molecular weight excluding hydrogens is 664 g/mol. The average molecular weight is 697 g/mol. The van der Waals surface area contributed by atoms with E-state index in [0.717, 1.165) is 23.8 Å². The number of aromatic hydroxyl groups is 7. The van der Waals surface area contributed by atoms with Gasteiger partial charge in [-0.2, -0.15) is 0 Å². The van der Waals surface area contributed by atoms with E-state index < -0.39 is 41.2 Å². The fourth-order valence-corrected chi connectivity index (χ4v) is 5.54. The summed E-state index contributed by atoms with van der Waals surface area (Å²) < 4.78 is 16.2. The van der Waals surface area contributed by atoms with Gasteiger partial charge in [0.2, 0.25) is 5.78 Å². The molecule has 0 fully saturated rings. The Bertz CT molecular complexity index is 2060. The average Bonchev–Trinajstić information content (AvgIpc) is 3.10. The normalized spacial score (nSPS) is 17.0. The largest absolute Gasteiger partial charge is 0.508 e. The number of phenolic OH excluding ortho intramolecular Hbond substituents is 7. The minimum absolute atomic E-state index is 0.0461. The van der Waals surface area contributed by atoms with Gasteiger partial charge in [0, 0.05) is 47.2 Å². The molecule has 13 heteroatoms. The maximum absolute atomic E-state index is 12.7. The van der Waals surface area contributed by atoms with Crippen LogP contribution < -0.4 is 4.74 Å². The molecule has 13 nitrogen and oxygen atoms in total. The number of carbonyl (C=O) groups is 3. The van der Waals surface area contributed by atoms with Gasteiger partial charge in [-0.3, -0.25) is 9.59 Å². The van der Waals surface area contributed by atoms with E-state index in [4.69, 9.17) is 14.2 Å². The summed E-state index contributed by atoms with van der Waals surface area (Å²) in [5, 5.41) is 68.2. The Balaban J connectivity index is 0.000000226. The molecule has 0 bridgehead atoms. The van der Waals surface area contributed by atoms with Crippen LogP contribution >= 0.6 is 0 Å². The number of ether oxygens (including phenoxy) is 3. The lowest BCUT2D eigenvalue weighted by molar-refractivity contribution is -0.117. The summed E-state index contributed by atoms with van der Waals surface area (Å²) in [6, 6.07) is 17.5. The van der Waals surface area contributed by atoms with Gasteiger partial charge in [0.05, 0.1) is 12.7 Å². The zero-order valence-corrected chi connectivity index (χ0v) is 26.9. The summed E-state index contributed by atoms with van der Waals surface area (Å²) in [7, 11) is 1.37. The standard InChI is InChI=1S/C22H18O10.C16H14O3/c23-11-6-14(25)12-8-19(32-22(30)10-4-16(27)20(29)17(28)5-10)21(31-18(12)7-11)9-1-2-13(24)15(26)3-9;1-3-12(11-7-5-4-6-8-11)13-9-15(18)16(19-2)10-14(13)17/h1-7,19,21,23-29H,8H2;3-10,12H,1H2,2H3. The summed E-state index contributed by atoms with van der Waals surface area (Å²) in [4.78, 5) is 36.5. The summed E-state index contributed by atoms with van der Waals surface area (Å²) in [6.45, 7) is 3.75. The van der Waals surface area contributed by atoms with Crippen LogP contribution in [0.25, 0.3) is 0 Å². The topological polar surface area (TPSA) is 221 Å². The van der Waals surface area contributed by atoms with Gasteiger partial charge in [-0.15, -0.1) is 6.58 Å². The van der Waals surface area contributed by atoms with E-state index in [1.807, 2.05) is 30.3 Å². The number of esters is 1. The molecule has 1 aliphatic heterocycles. The SMILES string of the molecule is C=CC(C1=CC(=O)C(OC)=CC1=O)c1ccccc1.O=C(OC1Cc2c(O)cc(O)cc2OC1c1ccc(O)c(O)c1)c1cc(O)c(O)c(O)c1. The lowest BCUT2D eigenvalue weighted by Gasteiger charge is -2.34. The van der Waals surface area contributed by atoms with Crippen molar-refractivity contribution in [2.75, 3.05) is 7.11 Å². The van der Waals surface area contributed by atoms with E-state index in [9.17, 15) is 50.1 Å². The van der Waals surface area contributed by atoms with Crippen molar-refractivity contribution in [2.24, 2.45) is 0 Å². The number of hydrogen-bond acceptors (Lipinski definition) is 13. The van der Waals surface area contributed by atoms with Crippen molar-refractivity contribution >= 4 is 17.5 Å². The fourth-order valence-electron chi connectivity index (χ4n) is 5.54. The Hall–Kier alpha value is -6.89. The molecule has 1 heterocycles. The minimum Gasteiger partial charge on any atom is -0.508 e. The van der Waals surface area contributed by atoms with Crippen LogP contribution in [0.2, 0.25) is 0 Å². The second kappa shape index (κ2) is 14.7. The second-order valence-corrected chi connectivity index (χ2v) is 11.4. The third-order valence-electron chi connectivity index (χ3n) is 8.08. The van der Waals surface area contributed by atoms with E-state index >= 15 is 0 Å². The number of allylic oxidation sites excluding steroid dienone is 4. The zero-order chi connectivity index (χ0) is 37.0. The molecular formula is C38H32O13. The summed E-state index contributed by atoms with van der Waals surface area (Å²) >= 11 is 0. The van der Waals surface area contributed by atoms with Crippen LogP contribution in [0.15, 0.2) is 109 Å². The van der Waals surface area contributed by atoms with Crippen LogP contribution in [0.1, 0.15) is 39.1 Å². The number of ketones is 2. The van der Waals surface area contributed by atoms with Gasteiger partial charge < -0.3 is 50.0 Å². The number of benzene rings is 4.